The Bertz CT molecular complexity index is 1060. The quantitative estimate of drug-likeness (QED) is 0.434. The molecule has 8 heteroatoms. The number of ether oxygens (including phenoxy) is 2. The number of rotatable bonds is 7. The highest BCUT2D eigenvalue weighted by molar-refractivity contribution is 6.30. The molecule has 0 aliphatic rings. The van der Waals surface area contributed by atoms with Crippen LogP contribution in [0.3, 0.4) is 0 Å². The van der Waals surface area contributed by atoms with Gasteiger partial charge in [-0.25, -0.2) is 4.79 Å². The molecule has 3 rings (SSSR count). The van der Waals surface area contributed by atoms with Crippen molar-refractivity contribution in [2.75, 3.05) is 6.61 Å². The molecule has 0 unspecified atom stereocenters. The highest BCUT2D eigenvalue weighted by atomic mass is 35.5. The molecule has 0 saturated heterocycles. The first-order chi connectivity index (χ1) is 15.0. The second-order valence-electron chi connectivity index (χ2n) is 6.36. The summed E-state index contributed by atoms with van der Waals surface area (Å²) in [4.78, 5) is 36.2. The summed E-state index contributed by atoms with van der Waals surface area (Å²) in [7, 11) is 0. The van der Waals surface area contributed by atoms with E-state index in [2.05, 4.69) is 10.9 Å². The predicted molar refractivity (Wildman–Crippen MR) is 115 cm³/mol. The van der Waals surface area contributed by atoms with Crippen molar-refractivity contribution in [3.63, 3.8) is 0 Å². The first-order valence-corrected chi connectivity index (χ1v) is 9.68. The van der Waals surface area contributed by atoms with Crippen molar-refractivity contribution in [1.82, 2.24) is 10.9 Å². The molecule has 3 aromatic carbocycles. The maximum Gasteiger partial charge on any atom is 0.342 e. The van der Waals surface area contributed by atoms with Crippen LogP contribution in [0.2, 0.25) is 5.02 Å². The minimum absolute atomic E-state index is 0.178. The fourth-order valence-electron chi connectivity index (χ4n) is 2.54. The molecule has 2 N–H and O–H groups in total. The lowest BCUT2D eigenvalue weighted by Crippen LogP contribution is -2.43. The maximum absolute atomic E-state index is 12.4. The monoisotopic (exact) mass is 438 g/mol. The zero-order valence-electron chi connectivity index (χ0n) is 16.3. The van der Waals surface area contributed by atoms with Crippen LogP contribution < -0.4 is 15.6 Å². The van der Waals surface area contributed by atoms with Gasteiger partial charge in [0.1, 0.15) is 17.9 Å². The van der Waals surface area contributed by atoms with E-state index in [4.69, 9.17) is 21.1 Å². The summed E-state index contributed by atoms with van der Waals surface area (Å²) >= 11 is 5.87. The van der Waals surface area contributed by atoms with E-state index in [1.807, 2.05) is 12.1 Å². The van der Waals surface area contributed by atoms with Gasteiger partial charge in [-0.15, -0.1) is 0 Å². The molecular weight excluding hydrogens is 420 g/mol. The van der Waals surface area contributed by atoms with Gasteiger partial charge in [0.05, 0.1) is 0 Å². The maximum atomic E-state index is 12.4. The van der Waals surface area contributed by atoms with Crippen molar-refractivity contribution < 1.29 is 23.9 Å². The molecule has 31 heavy (non-hydrogen) atoms. The summed E-state index contributed by atoms with van der Waals surface area (Å²) in [5, 5.41) is 0.617. The Morgan fingerprint density at radius 3 is 2.23 bits per heavy atom. The minimum Gasteiger partial charge on any atom is -0.488 e. The van der Waals surface area contributed by atoms with Crippen molar-refractivity contribution in [3.8, 4) is 5.75 Å². The van der Waals surface area contributed by atoms with Crippen LogP contribution in [-0.4, -0.2) is 24.4 Å². The number of hydrogen-bond acceptors (Lipinski definition) is 5. The molecule has 0 aromatic heterocycles. The van der Waals surface area contributed by atoms with Gasteiger partial charge in [0, 0.05) is 10.6 Å². The second-order valence-corrected chi connectivity index (χ2v) is 6.79. The molecule has 3 aromatic rings. The number of esters is 1. The molecule has 158 valence electrons. The fourth-order valence-corrected chi connectivity index (χ4v) is 2.66. The zero-order chi connectivity index (χ0) is 22.1. The lowest BCUT2D eigenvalue weighted by atomic mass is 10.2. The first-order valence-electron chi connectivity index (χ1n) is 9.30. The van der Waals surface area contributed by atoms with E-state index in [0.717, 1.165) is 5.56 Å². The number of carbonyl (C=O) groups is 3. The molecular formula is C23H19ClN2O5. The van der Waals surface area contributed by atoms with E-state index >= 15 is 0 Å². The number of hydrazine groups is 1. The molecule has 0 heterocycles. The van der Waals surface area contributed by atoms with Gasteiger partial charge in [0.25, 0.3) is 11.8 Å². The molecule has 2 amide bonds. The first kappa shape index (κ1) is 21.9. The van der Waals surface area contributed by atoms with Gasteiger partial charge in [-0.1, -0.05) is 54.1 Å². The average molecular weight is 439 g/mol. The molecule has 0 aliphatic heterocycles. The molecule has 0 aliphatic carbocycles. The van der Waals surface area contributed by atoms with Crippen LogP contribution in [0.1, 0.15) is 26.3 Å². The summed E-state index contributed by atoms with van der Waals surface area (Å²) < 4.78 is 10.8. The van der Waals surface area contributed by atoms with E-state index in [-0.39, 0.29) is 12.2 Å². The van der Waals surface area contributed by atoms with Crippen molar-refractivity contribution in [1.29, 1.82) is 0 Å². The highest BCUT2D eigenvalue weighted by Crippen LogP contribution is 2.21. The molecule has 0 fully saturated rings. The normalized spacial score (nSPS) is 10.1. The summed E-state index contributed by atoms with van der Waals surface area (Å²) in [6.45, 7) is -0.340. The van der Waals surface area contributed by atoms with E-state index < -0.39 is 24.4 Å². The largest absolute Gasteiger partial charge is 0.488 e. The Hall–Kier alpha value is -3.84. The van der Waals surface area contributed by atoms with Crippen LogP contribution in [0, 0.1) is 0 Å². The molecule has 0 bridgehead atoms. The van der Waals surface area contributed by atoms with E-state index in [0.29, 0.717) is 16.3 Å². The van der Waals surface area contributed by atoms with E-state index in [9.17, 15) is 14.4 Å². The van der Waals surface area contributed by atoms with Crippen LogP contribution in [-0.2, 0) is 16.1 Å². The minimum atomic E-state index is -0.726. The predicted octanol–water partition coefficient (Wildman–Crippen LogP) is 3.54. The van der Waals surface area contributed by atoms with Crippen molar-refractivity contribution >= 4 is 29.4 Å². The number of carbonyl (C=O) groups excluding carboxylic acids is 3. The third-order valence-electron chi connectivity index (χ3n) is 4.10. The number of benzene rings is 3. The van der Waals surface area contributed by atoms with Gasteiger partial charge in [0.2, 0.25) is 0 Å². The van der Waals surface area contributed by atoms with Crippen molar-refractivity contribution in [2.24, 2.45) is 0 Å². The second kappa shape index (κ2) is 10.8. The Morgan fingerprint density at radius 2 is 1.48 bits per heavy atom. The van der Waals surface area contributed by atoms with Gasteiger partial charge in [0.15, 0.2) is 6.61 Å². The average Bonchev–Trinajstić information content (AvgIpc) is 2.81. The summed E-state index contributed by atoms with van der Waals surface area (Å²) in [6, 6.07) is 22.0. The third kappa shape index (κ3) is 6.58. The van der Waals surface area contributed by atoms with Gasteiger partial charge in [-0.05, 0) is 42.0 Å². The Labute approximate surface area is 183 Å². The van der Waals surface area contributed by atoms with Crippen molar-refractivity contribution in [3.05, 3.63) is 101 Å². The van der Waals surface area contributed by atoms with Crippen molar-refractivity contribution in [2.45, 2.75) is 6.61 Å². The van der Waals surface area contributed by atoms with Crippen LogP contribution in [0.15, 0.2) is 78.9 Å². The summed E-state index contributed by atoms with van der Waals surface area (Å²) in [5.74, 6) is -1.57. The van der Waals surface area contributed by atoms with Crippen LogP contribution in [0.4, 0.5) is 0 Å². The Morgan fingerprint density at radius 1 is 0.806 bits per heavy atom. The Kier molecular flexibility index (Phi) is 7.61. The smallest absolute Gasteiger partial charge is 0.342 e. The fraction of sp³-hybridized carbons (Fsp3) is 0.0870. The van der Waals surface area contributed by atoms with Gasteiger partial charge in [-0.2, -0.15) is 0 Å². The Balaban J connectivity index is 1.50. The number of nitrogens with one attached hydrogen (secondary N) is 2. The standard InChI is InChI=1S/C23H19ClN2O5/c24-18-12-10-16(11-13-18)14-30-20-9-5-4-8-19(20)23(29)31-15-21(27)25-26-22(28)17-6-2-1-3-7-17/h1-13H,14-15H2,(H,25,27)(H,26,28). The lowest BCUT2D eigenvalue weighted by molar-refractivity contribution is -0.125. The van der Waals surface area contributed by atoms with E-state index in [1.165, 1.54) is 6.07 Å². The van der Waals surface area contributed by atoms with E-state index in [1.54, 1.807) is 60.7 Å². The molecule has 0 spiro atoms. The number of hydrogen-bond donors (Lipinski definition) is 2. The number of amides is 2. The van der Waals surface area contributed by atoms with Crippen LogP contribution >= 0.6 is 11.6 Å². The van der Waals surface area contributed by atoms with Gasteiger partial charge >= 0.3 is 5.97 Å². The van der Waals surface area contributed by atoms with Crippen LogP contribution in [0.25, 0.3) is 0 Å². The lowest BCUT2D eigenvalue weighted by Gasteiger charge is -2.12. The summed E-state index contributed by atoms with van der Waals surface area (Å²) in [5.41, 5.74) is 5.88. The molecule has 7 nitrogen and oxygen atoms in total. The van der Waals surface area contributed by atoms with Gasteiger partial charge < -0.3 is 9.47 Å². The van der Waals surface area contributed by atoms with Crippen LogP contribution in [0.5, 0.6) is 5.75 Å². The third-order valence-corrected chi connectivity index (χ3v) is 4.35. The topological polar surface area (TPSA) is 93.7 Å². The zero-order valence-corrected chi connectivity index (χ0v) is 17.1. The summed E-state index contributed by atoms with van der Waals surface area (Å²) in [6.07, 6.45) is 0. The SMILES string of the molecule is O=C(COC(=O)c1ccccc1OCc1ccc(Cl)cc1)NNC(=O)c1ccccc1. The molecule has 0 atom stereocenters. The van der Waals surface area contributed by atoms with Gasteiger partial charge in [-0.3, -0.25) is 20.4 Å². The number of halogens is 1. The molecule has 0 saturated carbocycles. The molecule has 0 radical (unpaired) electrons. The number of para-hydroxylation sites is 1. The highest BCUT2D eigenvalue weighted by Gasteiger charge is 2.16.